The maximum atomic E-state index is 13.2. The molecule has 2 atom stereocenters. The minimum absolute atomic E-state index is 0.148. The average Bonchev–Trinajstić information content (AvgIpc) is 3.07. The molecule has 3 aromatic rings. The highest BCUT2D eigenvalue weighted by Gasteiger charge is 2.36. The molecule has 15 heteroatoms. The van der Waals surface area contributed by atoms with Gasteiger partial charge in [-0.3, -0.25) is 8.75 Å². The van der Waals surface area contributed by atoms with Crippen LogP contribution in [0.2, 0.25) is 5.02 Å². The third-order valence-corrected chi connectivity index (χ3v) is 10.2. The van der Waals surface area contributed by atoms with Crippen molar-refractivity contribution in [3.8, 4) is 0 Å². The molecular formula is C21H21ClF3N3O5S3. The van der Waals surface area contributed by atoms with Crippen molar-refractivity contribution in [1.82, 2.24) is 13.4 Å². The second kappa shape index (κ2) is 9.72. The average molecular weight is 584 g/mol. The Morgan fingerprint density at radius 1 is 0.944 bits per heavy atom. The van der Waals surface area contributed by atoms with Crippen LogP contribution in [0.15, 0.2) is 51.0 Å². The number of rotatable bonds is 6. The van der Waals surface area contributed by atoms with E-state index >= 15 is 0 Å². The summed E-state index contributed by atoms with van der Waals surface area (Å²) in [5, 5.41) is -0.392. The third-order valence-electron chi connectivity index (χ3n) is 5.99. The van der Waals surface area contributed by atoms with Crippen molar-refractivity contribution in [1.29, 1.82) is 0 Å². The number of nitrogens with one attached hydrogen (secondary N) is 2. The van der Waals surface area contributed by atoms with Crippen molar-refractivity contribution in [2.45, 2.75) is 53.7 Å². The Morgan fingerprint density at radius 3 is 2.03 bits per heavy atom. The summed E-state index contributed by atoms with van der Waals surface area (Å²) in [4.78, 5) is 11.4. The molecule has 36 heavy (non-hydrogen) atoms. The van der Waals surface area contributed by atoms with Crippen LogP contribution in [0.25, 0.3) is 10.9 Å². The summed E-state index contributed by atoms with van der Waals surface area (Å²) in [5.41, 5.74) is -0.712. The van der Waals surface area contributed by atoms with Gasteiger partial charge in [-0.05, 0) is 60.8 Å². The SMILES string of the molecule is Cn1sc(=O)c2cc(S(=O)(=O)N[C@@H]3CCCC[C@H]3NS(=O)(=O)c3ccc(Cl)c(C(F)(F)F)c3)ccc21. The van der Waals surface area contributed by atoms with E-state index in [-0.39, 0.29) is 21.4 Å². The summed E-state index contributed by atoms with van der Waals surface area (Å²) in [6.07, 6.45) is -3.05. The number of hydrogen-bond acceptors (Lipinski definition) is 6. The molecule has 2 aromatic carbocycles. The number of aryl methyl sites for hydroxylation is 1. The molecule has 1 heterocycles. The Bertz CT molecular complexity index is 1580. The minimum Gasteiger partial charge on any atom is -0.297 e. The van der Waals surface area contributed by atoms with Crippen LogP contribution >= 0.6 is 23.1 Å². The Morgan fingerprint density at radius 2 is 1.47 bits per heavy atom. The summed E-state index contributed by atoms with van der Waals surface area (Å²) >= 11 is 6.53. The van der Waals surface area contributed by atoms with Gasteiger partial charge >= 0.3 is 6.18 Å². The number of nitrogens with zero attached hydrogens (tertiary/aromatic N) is 1. The normalized spacial score (nSPS) is 19.6. The molecular weight excluding hydrogens is 563 g/mol. The Hall–Kier alpha value is -1.97. The van der Waals surface area contributed by atoms with Crippen molar-refractivity contribution in [2.24, 2.45) is 7.05 Å². The first-order chi connectivity index (χ1) is 16.7. The van der Waals surface area contributed by atoms with Crippen LogP contribution in [-0.2, 0) is 33.3 Å². The molecule has 0 aliphatic heterocycles. The molecule has 196 valence electrons. The van der Waals surface area contributed by atoms with Gasteiger partial charge in [0.05, 0.1) is 31.3 Å². The lowest BCUT2D eigenvalue weighted by Crippen LogP contribution is -2.53. The summed E-state index contributed by atoms with van der Waals surface area (Å²) in [5.74, 6) is 0. The molecule has 0 unspecified atom stereocenters. The first-order valence-electron chi connectivity index (χ1n) is 10.7. The first kappa shape index (κ1) is 27.1. The fraction of sp³-hybridized carbons (Fsp3) is 0.381. The Labute approximate surface area is 214 Å². The molecule has 1 saturated carbocycles. The number of benzene rings is 2. The zero-order chi connectivity index (χ0) is 26.5. The van der Waals surface area contributed by atoms with Gasteiger partial charge < -0.3 is 0 Å². The third kappa shape index (κ3) is 5.48. The molecule has 0 radical (unpaired) electrons. The number of halogens is 4. The van der Waals surface area contributed by atoms with Gasteiger partial charge in [-0.2, -0.15) is 13.2 Å². The van der Waals surface area contributed by atoms with Crippen LogP contribution in [0, 0.1) is 0 Å². The molecule has 0 amide bonds. The maximum Gasteiger partial charge on any atom is 0.417 e. The monoisotopic (exact) mass is 583 g/mol. The lowest BCUT2D eigenvalue weighted by molar-refractivity contribution is -0.137. The molecule has 0 bridgehead atoms. The van der Waals surface area contributed by atoms with Crippen molar-refractivity contribution in [2.75, 3.05) is 0 Å². The second-order valence-electron chi connectivity index (χ2n) is 8.43. The smallest absolute Gasteiger partial charge is 0.297 e. The van der Waals surface area contributed by atoms with Gasteiger partial charge in [0.2, 0.25) is 20.0 Å². The van der Waals surface area contributed by atoms with Crippen LogP contribution in [0.3, 0.4) is 0 Å². The van der Waals surface area contributed by atoms with Crippen LogP contribution in [0.5, 0.6) is 0 Å². The number of alkyl halides is 3. The fourth-order valence-corrected chi connectivity index (χ4v) is 7.85. The highest BCUT2D eigenvalue weighted by Crippen LogP contribution is 2.36. The van der Waals surface area contributed by atoms with E-state index in [0.29, 0.717) is 30.8 Å². The number of fused-ring (bicyclic) bond motifs is 1. The van der Waals surface area contributed by atoms with E-state index in [1.165, 1.54) is 18.2 Å². The van der Waals surface area contributed by atoms with Gasteiger partial charge in [0.25, 0.3) is 4.74 Å². The molecule has 1 aliphatic carbocycles. The number of aromatic nitrogens is 1. The molecule has 8 nitrogen and oxygen atoms in total. The largest absolute Gasteiger partial charge is 0.417 e. The van der Waals surface area contributed by atoms with E-state index < -0.39 is 53.8 Å². The zero-order valence-corrected chi connectivity index (χ0v) is 21.9. The molecule has 0 saturated heterocycles. The van der Waals surface area contributed by atoms with Crippen molar-refractivity contribution in [3.05, 3.63) is 56.5 Å². The van der Waals surface area contributed by atoms with Gasteiger partial charge in [-0.15, -0.1) is 0 Å². The van der Waals surface area contributed by atoms with Crippen LogP contribution in [0.4, 0.5) is 13.2 Å². The number of hydrogen-bond donors (Lipinski definition) is 2. The highest BCUT2D eigenvalue weighted by atomic mass is 35.5. The second-order valence-corrected chi connectivity index (χ2v) is 13.4. The predicted octanol–water partition coefficient (Wildman–Crippen LogP) is 3.84. The van der Waals surface area contributed by atoms with Gasteiger partial charge in [0, 0.05) is 19.1 Å². The minimum atomic E-state index is -4.85. The lowest BCUT2D eigenvalue weighted by atomic mass is 9.92. The summed E-state index contributed by atoms with van der Waals surface area (Å²) < 4.78 is 97.9. The van der Waals surface area contributed by atoms with Gasteiger partial charge in [0.1, 0.15) is 0 Å². The van der Waals surface area contributed by atoms with E-state index in [2.05, 4.69) is 9.44 Å². The predicted molar refractivity (Wildman–Crippen MR) is 130 cm³/mol. The standard InChI is InChI=1S/C21H21ClF3N3O5S3/c1-28-19-9-7-12(10-14(19)20(29)34-28)35(30,31)26-17-4-2-3-5-18(17)27-36(32,33)13-6-8-16(22)15(11-13)21(23,24)25/h6-11,17-18,26-27H,2-5H2,1H3/t17-,18-/m1/s1. The number of sulfonamides is 2. The van der Waals surface area contributed by atoms with Crippen LogP contribution in [0.1, 0.15) is 31.2 Å². The molecule has 0 spiro atoms. The maximum absolute atomic E-state index is 13.2. The first-order valence-corrected chi connectivity index (χ1v) is 14.8. The van der Waals surface area contributed by atoms with Crippen molar-refractivity contribution in [3.63, 3.8) is 0 Å². The van der Waals surface area contributed by atoms with Gasteiger partial charge in [-0.25, -0.2) is 26.3 Å². The van der Waals surface area contributed by atoms with E-state index in [4.69, 9.17) is 11.6 Å². The molecule has 1 aliphatic rings. The topological polar surface area (TPSA) is 114 Å². The van der Waals surface area contributed by atoms with Crippen molar-refractivity contribution < 1.29 is 30.0 Å². The zero-order valence-electron chi connectivity index (χ0n) is 18.7. The summed E-state index contributed by atoms with van der Waals surface area (Å²) in [6.45, 7) is 0. The van der Waals surface area contributed by atoms with Gasteiger partial charge in [-0.1, -0.05) is 24.4 Å². The highest BCUT2D eigenvalue weighted by molar-refractivity contribution is 7.90. The van der Waals surface area contributed by atoms with E-state index in [9.17, 15) is 34.8 Å². The van der Waals surface area contributed by atoms with Gasteiger partial charge in [0.15, 0.2) is 0 Å². The van der Waals surface area contributed by atoms with Crippen LogP contribution in [-0.4, -0.2) is 32.9 Å². The van der Waals surface area contributed by atoms with E-state index in [1.54, 1.807) is 11.0 Å². The Balaban J connectivity index is 1.60. The molecule has 1 aromatic heterocycles. The fourth-order valence-electron chi connectivity index (χ4n) is 4.18. The summed E-state index contributed by atoms with van der Waals surface area (Å²) in [7, 11) is -6.89. The molecule has 4 rings (SSSR count). The summed E-state index contributed by atoms with van der Waals surface area (Å²) in [6, 6.07) is 4.64. The lowest BCUT2D eigenvalue weighted by Gasteiger charge is -2.32. The molecule has 2 N–H and O–H groups in total. The van der Waals surface area contributed by atoms with E-state index in [1.807, 2.05) is 0 Å². The quantitative estimate of drug-likeness (QED) is 0.458. The Kier molecular flexibility index (Phi) is 7.31. The van der Waals surface area contributed by atoms with Crippen LogP contribution < -0.4 is 14.2 Å². The molecule has 1 fully saturated rings. The van der Waals surface area contributed by atoms with Crippen molar-refractivity contribution >= 4 is 54.1 Å². The van der Waals surface area contributed by atoms with E-state index in [0.717, 1.165) is 23.7 Å².